The van der Waals surface area contributed by atoms with Crippen molar-refractivity contribution in [1.82, 2.24) is 10.2 Å². The molecule has 3 N–H and O–H groups in total. The molecular formula is C16H23N3O4. The minimum absolute atomic E-state index is 0.192. The molecule has 126 valence electrons. The normalized spacial score (nSPS) is 17.7. The van der Waals surface area contributed by atoms with Gasteiger partial charge in [-0.15, -0.1) is 0 Å². The monoisotopic (exact) mass is 321 g/mol. The summed E-state index contributed by atoms with van der Waals surface area (Å²) in [6.07, 6.45) is 2.29. The average Bonchev–Trinajstić information content (AvgIpc) is 2.99. The van der Waals surface area contributed by atoms with Crippen molar-refractivity contribution >= 4 is 11.9 Å². The summed E-state index contributed by atoms with van der Waals surface area (Å²) in [5, 5.41) is 2.09. The van der Waals surface area contributed by atoms with Gasteiger partial charge in [0.25, 0.3) is 0 Å². The van der Waals surface area contributed by atoms with E-state index in [-0.39, 0.29) is 18.4 Å². The van der Waals surface area contributed by atoms with Gasteiger partial charge >= 0.3 is 6.03 Å². The van der Waals surface area contributed by atoms with Crippen LogP contribution in [-0.4, -0.2) is 44.1 Å². The number of rotatable bonds is 6. The highest BCUT2D eigenvalue weighted by Crippen LogP contribution is 2.38. The van der Waals surface area contributed by atoms with Crippen molar-refractivity contribution in [1.29, 1.82) is 0 Å². The zero-order valence-electron chi connectivity index (χ0n) is 13.5. The molecule has 2 rings (SSSR count). The molecule has 1 saturated heterocycles. The topological polar surface area (TPSA) is 93.9 Å². The number of nitrogens with one attached hydrogen (secondary N) is 1. The largest absolute Gasteiger partial charge is 0.497 e. The Bertz CT molecular complexity index is 576. The van der Waals surface area contributed by atoms with E-state index in [9.17, 15) is 9.59 Å². The van der Waals surface area contributed by atoms with Gasteiger partial charge in [-0.05, 0) is 25.5 Å². The SMILES string of the molecule is COc1ccc(C2CCCN2CCC(=O)NC(N)=O)c(OC)c1. The Balaban J connectivity index is 2.06. The number of carbonyl (C=O) groups excluding carboxylic acids is 2. The number of carbonyl (C=O) groups is 2. The predicted molar refractivity (Wildman–Crippen MR) is 85.4 cm³/mol. The van der Waals surface area contributed by atoms with Crippen molar-refractivity contribution in [3.05, 3.63) is 23.8 Å². The maximum absolute atomic E-state index is 11.6. The number of likely N-dealkylation sites (tertiary alicyclic amines) is 1. The molecule has 7 heteroatoms. The quantitative estimate of drug-likeness (QED) is 0.826. The summed E-state index contributed by atoms with van der Waals surface area (Å²) in [6, 6.07) is 5.16. The van der Waals surface area contributed by atoms with Crippen molar-refractivity contribution in [2.45, 2.75) is 25.3 Å². The average molecular weight is 321 g/mol. The van der Waals surface area contributed by atoms with E-state index >= 15 is 0 Å². The van der Waals surface area contributed by atoms with Crippen LogP contribution in [-0.2, 0) is 4.79 Å². The van der Waals surface area contributed by atoms with E-state index in [1.165, 1.54) is 0 Å². The number of nitrogens with zero attached hydrogens (tertiary/aromatic N) is 1. The number of hydrogen-bond donors (Lipinski definition) is 2. The molecule has 1 atom stereocenters. The summed E-state index contributed by atoms with van der Waals surface area (Å²) in [5.41, 5.74) is 6.03. The molecule has 1 unspecified atom stereocenters. The van der Waals surface area contributed by atoms with Crippen molar-refractivity contribution in [2.75, 3.05) is 27.3 Å². The van der Waals surface area contributed by atoms with Crippen LogP contribution in [0.3, 0.4) is 0 Å². The minimum Gasteiger partial charge on any atom is -0.497 e. The summed E-state index contributed by atoms with van der Waals surface area (Å²) in [7, 11) is 3.26. The third-order valence-corrected chi connectivity index (χ3v) is 4.05. The zero-order valence-corrected chi connectivity index (χ0v) is 13.5. The summed E-state index contributed by atoms with van der Waals surface area (Å²) in [6.45, 7) is 1.47. The van der Waals surface area contributed by atoms with Crippen LogP contribution in [0, 0.1) is 0 Å². The Kier molecular flexibility index (Phi) is 5.81. The number of hydrogen-bond acceptors (Lipinski definition) is 5. The smallest absolute Gasteiger partial charge is 0.318 e. The number of amides is 3. The molecule has 1 aliphatic heterocycles. The lowest BCUT2D eigenvalue weighted by atomic mass is 10.0. The molecule has 0 saturated carbocycles. The molecule has 0 aromatic heterocycles. The fraction of sp³-hybridized carbons (Fsp3) is 0.500. The number of imide groups is 1. The standard InChI is InChI=1S/C16H23N3O4/c1-22-11-5-6-12(14(10-11)23-2)13-4-3-8-19(13)9-7-15(20)18-16(17)21/h5-6,10,13H,3-4,7-9H2,1-2H3,(H3,17,18,20,21). The first-order chi connectivity index (χ1) is 11.0. The van der Waals surface area contributed by atoms with Crippen LogP contribution in [0.5, 0.6) is 11.5 Å². The number of primary amides is 1. The molecule has 1 aromatic carbocycles. The third kappa shape index (κ3) is 4.35. The van der Waals surface area contributed by atoms with Gasteiger partial charge < -0.3 is 15.2 Å². The fourth-order valence-electron chi connectivity index (χ4n) is 2.98. The lowest BCUT2D eigenvalue weighted by molar-refractivity contribution is -0.120. The van der Waals surface area contributed by atoms with Crippen LogP contribution >= 0.6 is 0 Å². The van der Waals surface area contributed by atoms with Crippen molar-refractivity contribution < 1.29 is 19.1 Å². The maximum Gasteiger partial charge on any atom is 0.318 e. The molecule has 0 spiro atoms. The molecule has 1 aliphatic rings. The number of benzene rings is 1. The Morgan fingerprint density at radius 1 is 1.35 bits per heavy atom. The summed E-state index contributed by atoms with van der Waals surface area (Å²) in [4.78, 5) is 24.5. The highest BCUT2D eigenvalue weighted by Gasteiger charge is 2.28. The van der Waals surface area contributed by atoms with Gasteiger partial charge in [-0.2, -0.15) is 0 Å². The second kappa shape index (κ2) is 7.82. The molecule has 0 bridgehead atoms. The van der Waals surface area contributed by atoms with Crippen LogP contribution in [0.1, 0.15) is 30.9 Å². The first kappa shape index (κ1) is 17.1. The van der Waals surface area contributed by atoms with Gasteiger partial charge in [0.2, 0.25) is 5.91 Å². The van der Waals surface area contributed by atoms with Crippen LogP contribution in [0.15, 0.2) is 18.2 Å². The predicted octanol–water partition coefficient (Wildman–Crippen LogP) is 1.43. The molecule has 3 amide bonds. The Morgan fingerprint density at radius 2 is 2.13 bits per heavy atom. The fourth-order valence-corrected chi connectivity index (χ4v) is 2.98. The summed E-state index contributed by atoms with van der Waals surface area (Å²) in [5.74, 6) is 1.17. The van der Waals surface area contributed by atoms with Crippen LogP contribution in [0.4, 0.5) is 4.79 Å². The van der Waals surface area contributed by atoms with Crippen LogP contribution < -0.4 is 20.5 Å². The lowest BCUT2D eigenvalue weighted by Gasteiger charge is -2.26. The first-order valence-electron chi connectivity index (χ1n) is 7.60. The van der Waals surface area contributed by atoms with Gasteiger partial charge in [0.1, 0.15) is 11.5 Å². The van der Waals surface area contributed by atoms with Gasteiger partial charge in [0.15, 0.2) is 0 Å². The van der Waals surface area contributed by atoms with Gasteiger partial charge in [-0.3, -0.25) is 15.0 Å². The van der Waals surface area contributed by atoms with E-state index in [4.69, 9.17) is 15.2 Å². The van der Waals surface area contributed by atoms with Gasteiger partial charge in [-0.1, -0.05) is 6.07 Å². The lowest BCUT2D eigenvalue weighted by Crippen LogP contribution is -2.37. The van der Waals surface area contributed by atoms with E-state index in [2.05, 4.69) is 10.2 Å². The molecule has 1 aromatic rings. The second-order valence-electron chi connectivity index (χ2n) is 5.46. The van der Waals surface area contributed by atoms with E-state index in [0.717, 1.165) is 36.4 Å². The van der Waals surface area contributed by atoms with E-state index in [0.29, 0.717) is 6.54 Å². The van der Waals surface area contributed by atoms with E-state index < -0.39 is 6.03 Å². The van der Waals surface area contributed by atoms with E-state index in [1.807, 2.05) is 18.2 Å². The molecule has 1 fully saturated rings. The van der Waals surface area contributed by atoms with Crippen molar-refractivity contribution in [2.24, 2.45) is 5.73 Å². The number of methoxy groups -OCH3 is 2. The summed E-state index contributed by atoms with van der Waals surface area (Å²) >= 11 is 0. The van der Waals surface area contributed by atoms with Crippen LogP contribution in [0.25, 0.3) is 0 Å². The van der Waals surface area contributed by atoms with Crippen molar-refractivity contribution in [3.63, 3.8) is 0 Å². The van der Waals surface area contributed by atoms with Crippen molar-refractivity contribution in [3.8, 4) is 11.5 Å². The molecule has 0 radical (unpaired) electrons. The molecule has 1 heterocycles. The van der Waals surface area contributed by atoms with Gasteiger partial charge in [0.05, 0.1) is 14.2 Å². The maximum atomic E-state index is 11.6. The molecule has 7 nitrogen and oxygen atoms in total. The highest BCUT2D eigenvalue weighted by molar-refractivity contribution is 5.93. The number of urea groups is 1. The molecule has 0 aliphatic carbocycles. The second-order valence-corrected chi connectivity index (χ2v) is 5.46. The number of nitrogens with two attached hydrogens (primary N) is 1. The van der Waals surface area contributed by atoms with Gasteiger partial charge in [-0.25, -0.2) is 4.79 Å². The molecular weight excluding hydrogens is 298 g/mol. The highest BCUT2D eigenvalue weighted by atomic mass is 16.5. The van der Waals surface area contributed by atoms with Crippen LogP contribution in [0.2, 0.25) is 0 Å². The number of ether oxygens (including phenoxy) is 2. The minimum atomic E-state index is -0.815. The summed E-state index contributed by atoms with van der Waals surface area (Å²) < 4.78 is 10.7. The third-order valence-electron chi connectivity index (χ3n) is 4.05. The Morgan fingerprint density at radius 3 is 2.78 bits per heavy atom. The van der Waals surface area contributed by atoms with E-state index in [1.54, 1.807) is 14.2 Å². The Hall–Kier alpha value is -2.28. The van der Waals surface area contributed by atoms with Gasteiger partial charge in [0, 0.05) is 30.6 Å². The zero-order chi connectivity index (χ0) is 16.8. The molecule has 23 heavy (non-hydrogen) atoms. The first-order valence-corrected chi connectivity index (χ1v) is 7.60. The Labute approximate surface area is 135 Å².